The number of unbranched alkanes of at least 4 members (excludes halogenated alkanes) is 58. The lowest BCUT2D eigenvalue weighted by Crippen LogP contribution is -2.30. The zero-order valence-electron chi connectivity index (χ0n) is 68.9. The van der Waals surface area contributed by atoms with E-state index in [1.54, 1.807) is 0 Å². The second-order valence-electron chi connectivity index (χ2n) is 31.4. The summed E-state index contributed by atoms with van der Waals surface area (Å²) in [5.41, 5.74) is 0. The second-order valence-corrected chi connectivity index (χ2v) is 34.3. The van der Waals surface area contributed by atoms with E-state index in [9.17, 15) is 43.2 Å². The van der Waals surface area contributed by atoms with Gasteiger partial charge in [0, 0.05) is 25.7 Å². The number of phosphoric acid groups is 2. The van der Waals surface area contributed by atoms with Crippen LogP contribution >= 0.6 is 15.6 Å². The van der Waals surface area contributed by atoms with Crippen LogP contribution in [0.3, 0.4) is 0 Å². The molecule has 0 saturated heterocycles. The molecule has 17 nitrogen and oxygen atoms in total. The molecule has 0 aliphatic heterocycles. The molecular weight excluding hydrogens is 1370 g/mol. The number of aliphatic hydroxyl groups excluding tert-OH is 1. The van der Waals surface area contributed by atoms with E-state index >= 15 is 0 Å². The molecule has 19 heteroatoms. The Morgan fingerprint density at radius 1 is 0.257 bits per heavy atom. The maximum Gasteiger partial charge on any atom is 0.472 e. The molecule has 0 saturated carbocycles. The van der Waals surface area contributed by atoms with Crippen molar-refractivity contribution in [3.63, 3.8) is 0 Å². The Balaban J connectivity index is 5.24. The smallest absolute Gasteiger partial charge is 0.462 e. The highest BCUT2D eigenvalue weighted by atomic mass is 31.2. The Morgan fingerprint density at radius 3 is 0.648 bits per heavy atom. The van der Waals surface area contributed by atoms with Crippen molar-refractivity contribution in [1.82, 2.24) is 0 Å². The van der Waals surface area contributed by atoms with Crippen LogP contribution in [0.5, 0.6) is 0 Å². The fourth-order valence-corrected chi connectivity index (χ4v) is 15.1. The van der Waals surface area contributed by atoms with Gasteiger partial charge in [0.2, 0.25) is 0 Å². The molecule has 624 valence electrons. The van der Waals surface area contributed by atoms with Crippen LogP contribution in [0, 0.1) is 5.92 Å². The van der Waals surface area contributed by atoms with Crippen molar-refractivity contribution in [3.05, 3.63) is 0 Å². The summed E-state index contributed by atoms with van der Waals surface area (Å²) in [6.45, 7) is 7.38. The van der Waals surface area contributed by atoms with Crippen LogP contribution in [0.2, 0.25) is 0 Å². The second kappa shape index (κ2) is 78.7. The summed E-state index contributed by atoms with van der Waals surface area (Å²) in [5.74, 6) is -1.32. The Labute approximate surface area is 645 Å². The molecule has 0 spiro atoms. The molecular formula is C86H168O17P2. The fourth-order valence-electron chi connectivity index (χ4n) is 13.5. The third-order valence-electron chi connectivity index (χ3n) is 20.3. The van der Waals surface area contributed by atoms with E-state index in [0.717, 1.165) is 95.8 Å². The third-order valence-corrected chi connectivity index (χ3v) is 22.2. The van der Waals surface area contributed by atoms with Crippen LogP contribution in [0.15, 0.2) is 0 Å². The van der Waals surface area contributed by atoms with Gasteiger partial charge >= 0.3 is 39.5 Å². The third kappa shape index (κ3) is 79.9. The van der Waals surface area contributed by atoms with Gasteiger partial charge in [0.25, 0.3) is 0 Å². The minimum atomic E-state index is -4.97. The molecule has 0 heterocycles. The predicted molar refractivity (Wildman–Crippen MR) is 432 cm³/mol. The summed E-state index contributed by atoms with van der Waals surface area (Å²) in [7, 11) is -9.93. The molecule has 0 aliphatic carbocycles. The first-order valence-electron chi connectivity index (χ1n) is 44.6. The molecule has 0 fully saturated rings. The van der Waals surface area contributed by atoms with Gasteiger partial charge in [-0.15, -0.1) is 0 Å². The zero-order chi connectivity index (χ0) is 76.9. The largest absolute Gasteiger partial charge is 0.472 e. The normalized spacial score (nSPS) is 13.8. The number of aliphatic hydroxyl groups is 1. The zero-order valence-corrected chi connectivity index (χ0v) is 70.7. The van der Waals surface area contributed by atoms with Crippen LogP contribution in [0.25, 0.3) is 0 Å². The molecule has 105 heavy (non-hydrogen) atoms. The molecule has 0 bridgehead atoms. The fraction of sp³-hybridized carbons (Fsp3) is 0.953. The van der Waals surface area contributed by atoms with Crippen LogP contribution < -0.4 is 0 Å². The predicted octanol–water partition coefficient (Wildman–Crippen LogP) is 26.4. The van der Waals surface area contributed by atoms with E-state index in [2.05, 4.69) is 34.6 Å². The number of ether oxygens (including phenoxy) is 4. The topological polar surface area (TPSA) is 237 Å². The van der Waals surface area contributed by atoms with Gasteiger partial charge in [-0.25, -0.2) is 9.13 Å². The first kappa shape index (κ1) is 103. The van der Waals surface area contributed by atoms with Crippen LogP contribution in [-0.2, 0) is 65.4 Å². The number of esters is 4. The van der Waals surface area contributed by atoms with E-state index in [4.69, 9.17) is 37.0 Å². The quantitative estimate of drug-likeness (QED) is 0.0222. The average molecular weight is 1540 g/mol. The Hall–Kier alpha value is -1.94. The van der Waals surface area contributed by atoms with Gasteiger partial charge in [-0.2, -0.15) is 0 Å². The molecule has 5 atom stereocenters. The van der Waals surface area contributed by atoms with Crippen molar-refractivity contribution in [1.29, 1.82) is 0 Å². The SMILES string of the molecule is CCCCCCCCCCCCCCCCCCCCCCCCC(=O)O[C@H](COC(=O)CCCCCCCCCCCCCCC(C)C)COP(=O)(O)OC[C@@H](O)COP(=O)(O)OC[C@@H](COC(=O)CCCCCCCCCCCCCCC)OC(=O)CCCCCCCCCCCCCCCCC. The Morgan fingerprint density at radius 2 is 0.438 bits per heavy atom. The molecule has 0 rings (SSSR count). The minimum absolute atomic E-state index is 0.109. The summed E-state index contributed by atoms with van der Waals surface area (Å²) in [6, 6.07) is 0. The van der Waals surface area contributed by atoms with Gasteiger partial charge in [0.15, 0.2) is 12.2 Å². The highest BCUT2D eigenvalue weighted by Gasteiger charge is 2.30. The van der Waals surface area contributed by atoms with E-state index in [-0.39, 0.29) is 25.7 Å². The van der Waals surface area contributed by atoms with Crippen molar-refractivity contribution in [3.8, 4) is 0 Å². The number of rotatable bonds is 86. The molecule has 2 unspecified atom stereocenters. The molecule has 0 amide bonds. The van der Waals surface area contributed by atoms with Gasteiger partial charge in [-0.3, -0.25) is 37.3 Å². The van der Waals surface area contributed by atoms with Gasteiger partial charge < -0.3 is 33.8 Å². The van der Waals surface area contributed by atoms with Crippen LogP contribution in [0.4, 0.5) is 0 Å². The standard InChI is InChI=1S/C86H168O17P2/c1-6-9-12-15-18-21-24-27-29-30-31-32-33-34-35-37-40-47-52-57-62-67-72-86(91)103-82(76-97-84(89)70-65-60-55-50-45-42-41-43-48-53-58-63-68-79(4)5)78-101-105(94,95)99-74-80(87)73-98-104(92,93)100-77-81(75-96-83(88)69-64-59-54-49-44-38-26-23-20-17-14-11-8-3)102-85(90)71-66-61-56-51-46-39-36-28-25-22-19-16-13-10-7-2/h79-82,87H,6-78H2,1-5H3,(H,92,93)(H,94,95)/t80-,81+,82+/m0/s1. The van der Waals surface area contributed by atoms with Gasteiger partial charge in [-0.1, -0.05) is 413 Å². The van der Waals surface area contributed by atoms with E-state index in [1.807, 2.05) is 0 Å². The first-order chi connectivity index (χ1) is 51.0. The Bertz CT molecular complexity index is 2000. The van der Waals surface area contributed by atoms with Crippen molar-refractivity contribution in [2.75, 3.05) is 39.6 Å². The molecule has 0 aliphatic rings. The lowest BCUT2D eigenvalue weighted by Gasteiger charge is -2.21. The molecule has 0 radical (unpaired) electrons. The lowest BCUT2D eigenvalue weighted by atomic mass is 10.0. The number of carbonyl (C=O) groups excluding carboxylic acids is 4. The van der Waals surface area contributed by atoms with Crippen molar-refractivity contribution >= 4 is 39.5 Å². The van der Waals surface area contributed by atoms with Crippen molar-refractivity contribution in [2.24, 2.45) is 5.92 Å². The monoisotopic (exact) mass is 1540 g/mol. The highest BCUT2D eigenvalue weighted by Crippen LogP contribution is 2.45. The number of phosphoric ester groups is 2. The molecule has 3 N–H and O–H groups in total. The van der Waals surface area contributed by atoms with Gasteiger partial charge in [-0.05, 0) is 31.6 Å². The van der Waals surface area contributed by atoms with Crippen LogP contribution in [-0.4, -0.2) is 96.7 Å². The number of hydrogen-bond donors (Lipinski definition) is 3. The molecule has 0 aromatic heterocycles. The summed E-state index contributed by atoms with van der Waals surface area (Å²) in [6.07, 6.45) is 72.1. The highest BCUT2D eigenvalue weighted by molar-refractivity contribution is 7.47. The average Bonchev–Trinajstić information content (AvgIpc) is 0.927. The van der Waals surface area contributed by atoms with Crippen molar-refractivity contribution < 1.29 is 80.2 Å². The van der Waals surface area contributed by atoms with E-state index in [0.29, 0.717) is 25.7 Å². The van der Waals surface area contributed by atoms with Gasteiger partial charge in [0.05, 0.1) is 26.4 Å². The van der Waals surface area contributed by atoms with Crippen LogP contribution in [0.1, 0.15) is 465 Å². The Kier molecular flexibility index (Phi) is 77.3. The summed E-state index contributed by atoms with van der Waals surface area (Å²) in [5, 5.41) is 10.7. The lowest BCUT2D eigenvalue weighted by molar-refractivity contribution is -0.161. The summed E-state index contributed by atoms with van der Waals surface area (Å²) >= 11 is 0. The number of hydrogen-bond acceptors (Lipinski definition) is 15. The molecule has 0 aromatic carbocycles. The summed E-state index contributed by atoms with van der Waals surface area (Å²) < 4.78 is 68.9. The van der Waals surface area contributed by atoms with Gasteiger partial charge in [0.1, 0.15) is 19.3 Å². The van der Waals surface area contributed by atoms with E-state index in [1.165, 1.54) is 289 Å². The number of carbonyl (C=O) groups is 4. The summed E-state index contributed by atoms with van der Waals surface area (Å²) in [4.78, 5) is 73.2. The maximum atomic E-state index is 13.1. The maximum absolute atomic E-state index is 13.1. The van der Waals surface area contributed by atoms with E-state index < -0.39 is 97.5 Å². The minimum Gasteiger partial charge on any atom is -0.462 e. The first-order valence-corrected chi connectivity index (χ1v) is 47.6. The molecule has 0 aromatic rings. The van der Waals surface area contributed by atoms with Crippen molar-refractivity contribution in [2.45, 2.75) is 483 Å².